The van der Waals surface area contributed by atoms with Crippen LogP contribution < -0.4 is 30.2 Å². The molecule has 12 rings (SSSR count). The summed E-state index contributed by atoms with van der Waals surface area (Å²) >= 11 is 10.6. The van der Waals surface area contributed by atoms with E-state index in [1.165, 1.54) is 52.7 Å². The molecule has 15 nitrogen and oxygen atoms in total. The summed E-state index contributed by atoms with van der Waals surface area (Å²) in [5.41, 5.74) is 5.61. The van der Waals surface area contributed by atoms with Crippen LogP contribution in [0.2, 0.25) is 5.02 Å². The number of aryl methyl sites for hydroxylation is 2. The van der Waals surface area contributed by atoms with E-state index in [9.17, 15) is 28.8 Å². The molecule has 0 aliphatic carbocycles. The monoisotopic (exact) mass is 1200 g/mol. The molecule has 0 spiro atoms. The number of rotatable bonds is 18. The second-order valence-electron chi connectivity index (χ2n) is 19.6. The number of halogens is 1. The third-order valence-electron chi connectivity index (χ3n) is 13.3. The van der Waals surface area contributed by atoms with Gasteiger partial charge in [0.25, 0.3) is 0 Å². The van der Waals surface area contributed by atoms with E-state index in [0.29, 0.717) is 42.1 Å². The van der Waals surface area contributed by atoms with Gasteiger partial charge in [0.15, 0.2) is 0 Å². The van der Waals surface area contributed by atoms with Gasteiger partial charge in [-0.15, -0.1) is 0 Å². The fourth-order valence-electron chi connectivity index (χ4n) is 9.03. The first kappa shape index (κ1) is 58.5. The fourth-order valence-corrected chi connectivity index (χ4v) is 12.0. The average molecular weight is 1200 g/mol. The highest BCUT2D eigenvalue weighted by atomic mass is 35.5. The van der Waals surface area contributed by atoms with E-state index in [0.717, 1.165) is 63.3 Å². The van der Waals surface area contributed by atoms with Crippen molar-refractivity contribution in [1.82, 2.24) is 16.0 Å². The number of carbonyl (C=O) groups is 6. The van der Waals surface area contributed by atoms with Crippen LogP contribution in [0.1, 0.15) is 82.1 Å². The number of furan rings is 3. The van der Waals surface area contributed by atoms with Crippen molar-refractivity contribution in [2.24, 2.45) is 0 Å². The molecule has 0 bridgehead atoms. The summed E-state index contributed by atoms with van der Waals surface area (Å²) in [6.07, 6.45) is 5.01. The predicted octanol–water partition coefficient (Wildman–Crippen LogP) is 13.7. The van der Waals surface area contributed by atoms with Crippen molar-refractivity contribution in [1.29, 1.82) is 0 Å². The van der Waals surface area contributed by atoms with Crippen LogP contribution in [0.15, 0.2) is 225 Å². The Morgan fingerprint density at radius 1 is 0.429 bits per heavy atom. The first-order valence-electron chi connectivity index (χ1n) is 26.6. The number of amides is 6. The van der Waals surface area contributed by atoms with Gasteiger partial charge in [0.2, 0.25) is 35.4 Å². The molecule has 6 amide bonds. The number of carbonyl (C=O) groups excluding carboxylic acids is 6. The van der Waals surface area contributed by atoms with Gasteiger partial charge in [-0.1, -0.05) is 125 Å². The van der Waals surface area contributed by atoms with Crippen molar-refractivity contribution in [2.45, 2.75) is 100 Å². The number of hydrogen-bond donors (Lipinski definition) is 3. The molecule has 6 aromatic carbocycles. The van der Waals surface area contributed by atoms with Gasteiger partial charge in [0, 0.05) is 44.5 Å². The van der Waals surface area contributed by atoms with E-state index in [1.54, 1.807) is 18.6 Å². The minimum Gasteiger partial charge on any atom is -0.489 e. The number of imide groups is 3. The molecule has 3 saturated heterocycles. The Bertz CT molecular complexity index is 3800. The predicted molar refractivity (Wildman–Crippen MR) is 316 cm³/mol. The molecule has 3 aliphatic rings. The van der Waals surface area contributed by atoms with Crippen LogP contribution in [0.25, 0.3) is 0 Å². The van der Waals surface area contributed by atoms with Gasteiger partial charge in [-0.3, -0.25) is 44.7 Å². The Hall–Kier alpha value is -8.68. The van der Waals surface area contributed by atoms with Crippen molar-refractivity contribution in [3.63, 3.8) is 0 Å². The van der Waals surface area contributed by atoms with E-state index in [2.05, 4.69) is 66.2 Å². The lowest BCUT2D eigenvalue weighted by molar-refractivity contribution is -0.126. The third kappa shape index (κ3) is 15.5. The largest absolute Gasteiger partial charge is 0.489 e. The third-order valence-corrected chi connectivity index (χ3v) is 16.9. The summed E-state index contributed by atoms with van der Waals surface area (Å²) in [7, 11) is 0. The van der Waals surface area contributed by atoms with Crippen LogP contribution in [-0.4, -0.2) is 35.4 Å². The van der Waals surface area contributed by atoms with Gasteiger partial charge in [0.1, 0.15) is 72.1 Å². The Labute approximate surface area is 501 Å². The fraction of sp³-hybridized carbons (Fsp3) is 0.169. The molecule has 3 atom stereocenters. The molecule has 3 fully saturated rings. The van der Waals surface area contributed by atoms with Crippen LogP contribution in [0.3, 0.4) is 0 Å². The number of hydrogen-bond acceptors (Lipinski definition) is 15. The van der Waals surface area contributed by atoms with Crippen LogP contribution >= 0.6 is 46.9 Å². The summed E-state index contributed by atoms with van der Waals surface area (Å²) in [5, 5.41) is 7.63. The zero-order valence-corrected chi connectivity index (χ0v) is 48.5. The lowest BCUT2D eigenvalue weighted by Crippen LogP contribution is -2.21. The SMILES string of the molecule is Cc1ccc(COc2ccc(Sc3ccoc3C3CC(=O)NC3=O)cc2)cc1.Cc1cccc(COc2ccc(Sc3ccoc3C3CC(=O)NC3=O)cc2)c1.O=C1CC(c2occc2Sc2ccc(OCc3ccccc3Cl)cc2)C(=O)N1. The Morgan fingerprint density at radius 2 is 0.821 bits per heavy atom. The number of ether oxygens (including phenoxy) is 3. The average Bonchev–Trinajstić information content (AvgIpc) is 4.55. The first-order valence-corrected chi connectivity index (χ1v) is 29.4. The quantitative estimate of drug-likeness (QED) is 0.0683. The highest BCUT2D eigenvalue weighted by Crippen LogP contribution is 2.41. The van der Waals surface area contributed by atoms with Gasteiger partial charge in [0.05, 0.1) is 33.5 Å². The van der Waals surface area contributed by atoms with Gasteiger partial charge >= 0.3 is 0 Å². The van der Waals surface area contributed by atoms with Crippen molar-refractivity contribution < 1.29 is 56.2 Å². The van der Waals surface area contributed by atoms with Gasteiger partial charge in [-0.2, -0.15) is 0 Å². The summed E-state index contributed by atoms with van der Waals surface area (Å²) in [5.74, 6) is 0.501. The second-order valence-corrected chi connectivity index (χ2v) is 23.4. The molecular weight excluding hydrogens is 1150 g/mol. The Kier molecular flexibility index (Phi) is 19.2. The highest BCUT2D eigenvalue weighted by molar-refractivity contribution is 8.00. The highest BCUT2D eigenvalue weighted by Gasteiger charge is 2.38. The standard InChI is InChI=1S/2C22H19NO4S.C21H16ClNO4S/c1-14-2-4-15(5-3-14)13-27-16-6-8-17(9-7-16)28-19-10-11-26-21(19)18-12-20(24)23-22(18)25;1-14-3-2-4-15(11-14)13-27-16-5-7-17(8-6-16)28-19-9-10-26-21(19)18-12-20(24)23-22(18)25;22-17-4-2-1-3-13(17)12-27-14-5-7-15(8-6-14)28-18-9-10-26-20(18)16-11-19(24)23-21(16)25/h2*2-11,18H,12-13H2,1H3,(H,23,24,25);1-10,16H,11-12H2,(H,23,24,25). The molecule has 19 heteroatoms. The molecule has 9 aromatic rings. The minimum atomic E-state index is -0.566. The topological polar surface area (TPSA) is 206 Å². The van der Waals surface area contributed by atoms with Crippen molar-refractivity contribution in [2.75, 3.05) is 0 Å². The molecule has 6 heterocycles. The maximum atomic E-state index is 11.9. The van der Waals surface area contributed by atoms with E-state index in [4.69, 9.17) is 39.1 Å². The molecule has 3 N–H and O–H groups in total. The normalized spacial score (nSPS) is 16.2. The van der Waals surface area contributed by atoms with Gasteiger partial charge in [-0.25, -0.2) is 0 Å². The molecule has 84 heavy (non-hydrogen) atoms. The molecule has 0 saturated carbocycles. The summed E-state index contributed by atoms with van der Waals surface area (Å²) in [6, 6.07) is 52.7. The van der Waals surface area contributed by atoms with E-state index < -0.39 is 17.8 Å². The van der Waals surface area contributed by atoms with Crippen molar-refractivity contribution in [3.8, 4) is 17.2 Å². The zero-order valence-electron chi connectivity index (χ0n) is 45.3. The molecule has 3 aromatic heterocycles. The lowest BCUT2D eigenvalue weighted by atomic mass is 10.1. The maximum Gasteiger partial charge on any atom is 0.237 e. The maximum absolute atomic E-state index is 11.9. The Morgan fingerprint density at radius 3 is 1.20 bits per heavy atom. The number of benzene rings is 6. The molecule has 0 radical (unpaired) electrons. The summed E-state index contributed by atoms with van der Waals surface area (Å²) in [4.78, 5) is 75.6. The molecule has 3 aliphatic heterocycles. The Balaban J connectivity index is 0.000000140. The molecule has 3 unspecified atom stereocenters. The van der Waals surface area contributed by atoms with Crippen molar-refractivity contribution in [3.05, 3.63) is 233 Å². The summed E-state index contributed by atoms with van der Waals surface area (Å²) in [6.45, 7) is 5.55. The smallest absolute Gasteiger partial charge is 0.237 e. The van der Waals surface area contributed by atoms with Gasteiger partial charge in [-0.05, 0) is 122 Å². The minimum absolute atomic E-state index is 0.120. The lowest BCUT2D eigenvalue weighted by Gasteiger charge is -2.09. The zero-order chi connectivity index (χ0) is 58.5. The van der Waals surface area contributed by atoms with Crippen LogP contribution in [-0.2, 0) is 48.6 Å². The second kappa shape index (κ2) is 27.6. The van der Waals surface area contributed by atoms with E-state index in [1.807, 2.05) is 121 Å². The molecule has 426 valence electrons. The van der Waals surface area contributed by atoms with Gasteiger partial charge < -0.3 is 27.5 Å². The van der Waals surface area contributed by atoms with Crippen molar-refractivity contribution >= 4 is 82.3 Å². The van der Waals surface area contributed by atoms with E-state index >= 15 is 0 Å². The van der Waals surface area contributed by atoms with Crippen LogP contribution in [0.4, 0.5) is 0 Å². The summed E-state index contributed by atoms with van der Waals surface area (Å²) < 4.78 is 34.0. The van der Waals surface area contributed by atoms with Crippen LogP contribution in [0, 0.1) is 13.8 Å². The number of nitrogens with one attached hydrogen (secondary N) is 3. The van der Waals surface area contributed by atoms with Crippen LogP contribution in [0.5, 0.6) is 17.2 Å². The molecular formula is C65H54ClN3O12S3. The first-order chi connectivity index (χ1) is 40.8. The van der Waals surface area contributed by atoms with E-state index in [-0.39, 0.29) is 54.7 Å².